The van der Waals surface area contributed by atoms with Crippen LogP contribution in [-0.4, -0.2) is 17.8 Å². The van der Waals surface area contributed by atoms with Crippen molar-refractivity contribution in [2.75, 3.05) is 4.90 Å². The molecule has 0 unspecified atom stereocenters. The van der Waals surface area contributed by atoms with Gasteiger partial charge in [0.1, 0.15) is 11.6 Å². The average molecular weight is 379 g/mol. The largest absolute Gasteiger partial charge is 0.423 e. The molecule has 2 aromatic carbocycles. The maximum atomic E-state index is 13.7. The highest BCUT2D eigenvalue weighted by molar-refractivity contribution is 6.22. The Morgan fingerprint density at radius 1 is 0.929 bits per heavy atom. The van der Waals surface area contributed by atoms with Gasteiger partial charge in [0.05, 0.1) is 23.1 Å². The van der Waals surface area contributed by atoms with Gasteiger partial charge in [-0.2, -0.15) is 0 Å². The Morgan fingerprint density at radius 2 is 1.54 bits per heavy atom. The zero-order chi connectivity index (χ0) is 19.4. The molecule has 3 fully saturated rings. The van der Waals surface area contributed by atoms with E-state index in [-0.39, 0.29) is 35.0 Å². The van der Waals surface area contributed by atoms with E-state index in [1.807, 2.05) is 0 Å². The number of anilines is 1. The van der Waals surface area contributed by atoms with E-state index >= 15 is 0 Å². The molecule has 3 aliphatic rings. The summed E-state index contributed by atoms with van der Waals surface area (Å²) in [5.41, 5.74) is 0.328. The van der Waals surface area contributed by atoms with Gasteiger partial charge in [0.15, 0.2) is 0 Å². The summed E-state index contributed by atoms with van der Waals surface area (Å²) in [6, 6.07) is 11.8. The Balaban J connectivity index is 1.35. The van der Waals surface area contributed by atoms with Crippen molar-refractivity contribution in [1.29, 1.82) is 0 Å². The van der Waals surface area contributed by atoms with Gasteiger partial charge in [-0.05, 0) is 67.5 Å². The van der Waals surface area contributed by atoms with Crippen molar-refractivity contribution >= 4 is 23.5 Å². The maximum Gasteiger partial charge on any atom is 0.346 e. The molecule has 2 bridgehead atoms. The Bertz CT molecular complexity index is 958. The molecule has 0 aromatic heterocycles. The van der Waals surface area contributed by atoms with Crippen LogP contribution in [0.5, 0.6) is 5.75 Å². The van der Waals surface area contributed by atoms with Gasteiger partial charge in [-0.1, -0.05) is 12.1 Å². The number of ether oxygens (including phenoxy) is 1. The number of benzene rings is 2. The maximum absolute atomic E-state index is 13.7. The molecule has 1 aliphatic heterocycles. The molecule has 1 saturated heterocycles. The normalized spacial score (nSPS) is 28.0. The van der Waals surface area contributed by atoms with Gasteiger partial charge in [-0.25, -0.2) is 9.18 Å². The van der Waals surface area contributed by atoms with Crippen molar-refractivity contribution < 1.29 is 23.5 Å². The summed E-state index contributed by atoms with van der Waals surface area (Å²) < 4.78 is 18.9. The van der Waals surface area contributed by atoms with Gasteiger partial charge in [-0.15, -0.1) is 0 Å². The van der Waals surface area contributed by atoms with Gasteiger partial charge in [-0.3, -0.25) is 14.5 Å². The van der Waals surface area contributed by atoms with E-state index in [9.17, 15) is 18.8 Å². The van der Waals surface area contributed by atoms with Gasteiger partial charge >= 0.3 is 5.97 Å². The van der Waals surface area contributed by atoms with Gasteiger partial charge in [0.25, 0.3) is 0 Å². The van der Waals surface area contributed by atoms with Crippen LogP contribution in [0.2, 0.25) is 0 Å². The average Bonchev–Trinajstić information content (AvgIpc) is 3.37. The van der Waals surface area contributed by atoms with Crippen LogP contribution in [0.25, 0.3) is 0 Å². The molecular weight excluding hydrogens is 361 g/mol. The molecule has 0 radical (unpaired) electrons. The van der Waals surface area contributed by atoms with Gasteiger partial charge < -0.3 is 4.74 Å². The molecule has 6 heteroatoms. The number of rotatable bonds is 3. The molecule has 2 aliphatic carbocycles. The number of esters is 1. The van der Waals surface area contributed by atoms with E-state index in [2.05, 4.69) is 0 Å². The summed E-state index contributed by atoms with van der Waals surface area (Å²) in [6.07, 6.45) is 3.05. The van der Waals surface area contributed by atoms with Crippen molar-refractivity contribution in [2.24, 2.45) is 23.7 Å². The van der Waals surface area contributed by atoms with Crippen LogP contribution in [0.15, 0.2) is 48.5 Å². The first kappa shape index (κ1) is 17.1. The number of amides is 2. The van der Waals surface area contributed by atoms with Crippen molar-refractivity contribution in [3.63, 3.8) is 0 Å². The third-order valence-corrected chi connectivity index (χ3v) is 6.33. The van der Waals surface area contributed by atoms with E-state index in [0.29, 0.717) is 17.5 Å². The lowest BCUT2D eigenvalue weighted by atomic mass is 9.81. The van der Waals surface area contributed by atoms with Crippen LogP contribution in [0, 0.1) is 29.5 Å². The first-order valence-corrected chi connectivity index (χ1v) is 9.49. The third kappa shape index (κ3) is 2.47. The Labute approximate surface area is 161 Å². The summed E-state index contributed by atoms with van der Waals surface area (Å²) in [7, 11) is 0. The standard InChI is InChI=1S/C22H18FNO4/c23-17-4-2-1-3-16(17)22(27)28-15-9-7-14(8-10-15)24-20(25)18-12-5-6-13(11-12)19(18)21(24)26/h1-4,7-10,12-13,18-19H,5-6,11H2/t12-,13+,18-,19+. The molecule has 142 valence electrons. The number of carbonyl (C=O) groups is 3. The number of carbonyl (C=O) groups excluding carboxylic acids is 3. The highest BCUT2D eigenvalue weighted by atomic mass is 19.1. The monoisotopic (exact) mass is 379 g/mol. The second kappa shape index (κ2) is 6.26. The fraction of sp³-hybridized carbons (Fsp3) is 0.318. The van der Waals surface area contributed by atoms with E-state index in [1.165, 1.54) is 35.2 Å². The number of hydrogen-bond acceptors (Lipinski definition) is 4. The number of hydrogen-bond donors (Lipinski definition) is 0. The predicted molar refractivity (Wildman–Crippen MR) is 98.1 cm³/mol. The van der Waals surface area contributed by atoms with Crippen molar-refractivity contribution in [3.05, 3.63) is 59.9 Å². The molecule has 5 nitrogen and oxygen atoms in total. The van der Waals surface area contributed by atoms with Gasteiger partial charge in [0.2, 0.25) is 11.8 Å². The molecule has 4 atom stereocenters. The molecule has 1 heterocycles. The Morgan fingerprint density at radius 3 is 2.14 bits per heavy atom. The molecule has 5 rings (SSSR count). The number of nitrogens with zero attached hydrogens (tertiary/aromatic N) is 1. The SMILES string of the molecule is O=C(Oc1ccc(N2C(=O)[C@@H]3[C@@H]4CC[C@@H](C4)[C@@H]3C2=O)cc1)c1ccccc1F. The Kier molecular flexibility index (Phi) is 3.82. The van der Waals surface area contributed by atoms with Crippen LogP contribution in [0.4, 0.5) is 10.1 Å². The molecule has 2 aromatic rings. The fourth-order valence-corrected chi connectivity index (χ4v) is 5.12. The first-order valence-electron chi connectivity index (χ1n) is 9.49. The summed E-state index contributed by atoms with van der Waals surface area (Å²) >= 11 is 0. The molecule has 2 amide bonds. The van der Waals surface area contributed by atoms with Crippen LogP contribution < -0.4 is 9.64 Å². The number of fused-ring (bicyclic) bond motifs is 5. The van der Waals surface area contributed by atoms with Gasteiger partial charge in [0, 0.05) is 0 Å². The van der Waals surface area contributed by atoms with Crippen molar-refractivity contribution in [1.82, 2.24) is 0 Å². The second-order valence-corrected chi connectivity index (χ2v) is 7.76. The highest BCUT2D eigenvalue weighted by Gasteiger charge is 2.61. The summed E-state index contributed by atoms with van der Waals surface area (Å²) in [5, 5.41) is 0. The predicted octanol–water partition coefficient (Wildman–Crippen LogP) is 3.58. The van der Waals surface area contributed by atoms with Crippen molar-refractivity contribution in [3.8, 4) is 5.75 Å². The zero-order valence-electron chi connectivity index (χ0n) is 15.0. The van der Waals surface area contributed by atoms with E-state index < -0.39 is 11.8 Å². The topological polar surface area (TPSA) is 63.7 Å². The number of imide groups is 1. The van der Waals surface area contributed by atoms with Crippen LogP contribution in [0.1, 0.15) is 29.6 Å². The minimum absolute atomic E-state index is 0.113. The minimum atomic E-state index is -0.801. The smallest absolute Gasteiger partial charge is 0.346 e. The molecule has 0 spiro atoms. The molecule has 2 saturated carbocycles. The summed E-state index contributed by atoms with van der Waals surface area (Å²) in [4.78, 5) is 39.1. The lowest BCUT2D eigenvalue weighted by Crippen LogP contribution is -2.32. The summed E-state index contributed by atoms with van der Waals surface area (Å²) in [6.45, 7) is 0. The van der Waals surface area contributed by atoms with Crippen LogP contribution in [0.3, 0.4) is 0 Å². The van der Waals surface area contributed by atoms with Crippen LogP contribution in [-0.2, 0) is 9.59 Å². The van der Waals surface area contributed by atoms with Crippen LogP contribution >= 0.6 is 0 Å². The van der Waals surface area contributed by atoms with E-state index in [1.54, 1.807) is 18.2 Å². The van der Waals surface area contributed by atoms with Crippen molar-refractivity contribution in [2.45, 2.75) is 19.3 Å². The zero-order valence-corrected chi connectivity index (χ0v) is 15.0. The quantitative estimate of drug-likeness (QED) is 0.465. The highest BCUT2D eigenvalue weighted by Crippen LogP contribution is 2.56. The lowest BCUT2D eigenvalue weighted by Gasteiger charge is -2.19. The Hall–Kier alpha value is -3.02. The molecular formula is C22H18FNO4. The first-order chi connectivity index (χ1) is 13.5. The summed E-state index contributed by atoms with van der Waals surface area (Å²) in [5.74, 6) is -1.15. The molecule has 0 N–H and O–H groups in total. The van der Waals surface area contributed by atoms with E-state index in [4.69, 9.17) is 4.74 Å². The fourth-order valence-electron chi connectivity index (χ4n) is 5.12. The lowest BCUT2D eigenvalue weighted by molar-refractivity contribution is -0.123. The number of halogens is 1. The minimum Gasteiger partial charge on any atom is -0.423 e. The molecule has 28 heavy (non-hydrogen) atoms. The second-order valence-electron chi connectivity index (χ2n) is 7.76. The van der Waals surface area contributed by atoms with E-state index in [0.717, 1.165) is 19.3 Å². The third-order valence-electron chi connectivity index (χ3n) is 6.33.